The minimum atomic E-state index is -4.60. The number of thiazole rings is 1. The van der Waals surface area contributed by atoms with Crippen LogP contribution in [0.3, 0.4) is 0 Å². The zero-order chi connectivity index (χ0) is 22.8. The number of carbonyl (C=O) groups excluding carboxylic acids is 1. The molecule has 162 valence electrons. The minimum Gasteiger partial charge on any atom is -0.480 e. The second-order valence-corrected chi connectivity index (χ2v) is 6.65. The van der Waals surface area contributed by atoms with Gasteiger partial charge in [0.15, 0.2) is 10.7 Å². The van der Waals surface area contributed by atoms with E-state index in [9.17, 15) is 27.9 Å². The molecule has 1 amide bonds. The molecule has 3 heterocycles. The molecule has 2 N–H and O–H groups in total. The van der Waals surface area contributed by atoms with Crippen LogP contribution in [-0.4, -0.2) is 51.1 Å². The number of alkyl halides is 3. The summed E-state index contributed by atoms with van der Waals surface area (Å²) in [7, 11) is 2.55. The topological polar surface area (TPSA) is 136 Å². The van der Waals surface area contributed by atoms with Gasteiger partial charge in [-0.3, -0.25) is 15.1 Å². The lowest BCUT2D eigenvalue weighted by Gasteiger charge is -2.09. The number of pyridine rings is 1. The summed E-state index contributed by atoms with van der Waals surface area (Å²) in [6, 6.07) is 1.75. The van der Waals surface area contributed by atoms with Gasteiger partial charge in [-0.15, -0.1) is 0 Å². The highest BCUT2D eigenvalue weighted by Gasteiger charge is 2.31. The number of anilines is 1. The third-order valence-electron chi connectivity index (χ3n) is 3.77. The van der Waals surface area contributed by atoms with Crippen LogP contribution in [0.15, 0.2) is 24.7 Å². The smallest absolute Gasteiger partial charge is 0.417 e. The number of rotatable bonds is 6. The fourth-order valence-corrected chi connectivity index (χ4v) is 3.22. The number of ether oxygens (including phenoxy) is 2. The molecule has 0 aromatic carbocycles. The highest BCUT2D eigenvalue weighted by molar-refractivity contribution is 7.18. The van der Waals surface area contributed by atoms with Crippen molar-refractivity contribution in [2.45, 2.75) is 6.18 Å². The fraction of sp³-hybridized carbons (Fsp3) is 0.176. The molecule has 0 unspecified atom stereocenters. The Labute approximate surface area is 175 Å². The number of aromatic nitrogens is 4. The van der Waals surface area contributed by atoms with Crippen molar-refractivity contribution in [3.63, 3.8) is 0 Å². The third kappa shape index (κ3) is 4.53. The predicted octanol–water partition coefficient (Wildman–Crippen LogP) is 2.98. The molecular formula is C17H12F3N5O5S. The molecule has 14 heteroatoms. The van der Waals surface area contributed by atoms with Crippen LogP contribution in [0.1, 0.15) is 25.6 Å². The number of carbonyl (C=O) groups is 2. The van der Waals surface area contributed by atoms with E-state index in [0.29, 0.717) is 17.5 Å². The van der Waals surface area contributed by atoms with Gasteiger partial charge in [-0.25, -0.2) is 19.7 Å². The fourth-order valence-electron chi connectivity index (χ4n) is 2.41. The number of carboxylic acid groups (broad SMARTS) is 1. The maximum Gasteiger partial charge on any atom is 0.417 e. The van der Waals surface area contributed by atoms with Crippen molar-refractivity contribution in [1.29, 1.82) is 0 Å². The average molecular weight is 455 g/mol. The lowest BCUT2D eigenvalue weighted by molar-refractivity contribution is -0.137. The van der Waals surface area contributed by atoms with E-state index in [1.54, 1.807) is 0 Å². The van der Waals surface area contributed by atoms with Crippen LogP contribution in [0.25, 0.3) is 11.4 Å². The van der Waals surface area contributed by atoms with Crippen LogP contribution in [-0.2, 0) is 6.18 Å². The molecule has 0 aliphatic rings. The molecule has 0 saturated carbocycles. The summed E-state index contributed by atoms with van der Waals surface area (Å²) in [6.45, 7) is 0. The molecule has 0 atom stereocenters. The van der Waals surface area contributed by atoms with E-state index >= 15 is 0 Å². The lowest BCUT2D eigenvalue weighted by Crippen LogP contribution is -2.16. The highest BCUT2D eigenvalue weighted by atomic mass is 32.1. The number of hydrogen-bond acceptors (Lipinski definition) is 9. The standard InChI is InChI=1S/C17H12F3N5O5S/c1-29-13-9(14(30-2)23-6-22-13)12(26)25-16-24-10(11(31-16)15(27)28)8-4-3-7(5-21-8)17(18,19)20/h3-6H,1-2H3,(H,27,28)(H,24,25,26). The number of hydrogen-bond donors (Lipinski definition) is 2. The van der Waals surface area contributed by atoms with Gasteiger partial charge >= 0.3 is 12.1 Å². The first-order chi connectivity index (χ1) is 14.7. The zero-order valence-corrected chi connectivity index (χ0v) is 16.5. The molecule has 0 bridgehead atoms. The lowest BCUT2D eigenvalue weighted by atomic mass is 10.2. The number of halogens is 3. The Morgan fingerprint density at radius 2 is 1.74 bits per heavy atom. The van der Waals surface area contributed by atoms with Gasteiger partial charge < -0.3 is 14.6 Å². The summed E-state index contributed by atoms with van der Waals surface area (Å²) in [6.07, 6.45) is -2.91. The molecule has 0 spiro atoms. The van der Waals surface area contributed by atoms with Crippen molar-refractivity contribution in [2.24, 2.45) is 0 Å². The van der Waals surface area contributed by atoms with Crippen molar-refractivity contribution in [3.8, 4) is 23.1 Å². The molecule has 0 aliphatic heterocycles. The van der Waals surface area contributed by atoms with Crippen LogP contribution >= 0.6 is 11.3 Å². The normalized spacial score (nSPS) is 11.1. The van der Waals surface area contributed by atoms with Crippen molar-refractivity contribution in [2.75, 3.05) is 19.5 Å². The summed E-state index contributed by atoms with van der Waals surface area (Å²) in [5.41, 5.74) is -1.47. The van der Waals surface area contributed by atoms with Crippen LogP contribution in [0, 0.1) is 0 Å². The Hall–Kier alpha value is -3.81. The van der Waals surface area contributed by atoms with Gasteiger partial charge in [-0.2, -0.15) is 13.2 Å². The Morgan fingerprint density at radius 1 is 1.10 bits per heavy atom. The summed E-state index contributed by atoms with van der Waals surface area (Å²) >= 11 is 0.595. The van der Waals surface area contributed by atoms with Gasteiger partial charge in [0.05, 0.1) is 25.5 Å². The Balaban J connectivity index is 1.97. The molecule has 3 aromatic heterocycles. The van der Waals surface area contributed by atoms with Crippen molar-refractivity contribution in [1.82, 2.24) is 19.9 Å². The Bertz CT molecular complexity index is 1110. The van der Waals surface area contributed by atoms with Gasteiger partial charge in [-0.1, -0.05) is 11.3 Å². The largest absolute Gasteiger partial charge is 0.480 e. The predicted molar refractivity (Wildman–Crippen MR) is 100 cm³/mol. The number of methoxy groups -OCH3 is 2. The van der Waals surface area contributed by atoms with E-state index in [4.69, 9.17) is 9.47 Å². The Kier molecular flexibility index (Phi) is 6.01. The van der Waals surface area contributed by atoms with E-state index in [-0.39, 0.29) is 38.7 Å². The molecule has 0 saturated heterocycles. The number of nitrogens with one attached hydrogen (secondary N) is 1. The first kappa shape index (κ1) is 21.9. The van der Waals surface area contributed by atoms with E-state index in [0.717, 1.165) is 18.5 Å². The van der Waals surface area contributed by atoms with Crippen LogP contribution in [0.2, 0.25) is 0 Å². The van der Waals surface area contributed by atoms with Gasteiger partial charge in [0.25, 0.3) is 5.91 Å². The average Bonchev–Trinajstić information content (AvgIpc) is 3.16. The molecule has 3 rings (SSSR count). The molecule has 0 radical (unpaired) electrons. The highest BCUT2D eigenvalue weighted by Crippen LogP contribution is 2.34. The first-order valence-corrected chi connectivity index (χ1v) is 8.99. The van der Waals surface area contributed by atoms with E-state index in [1.807, 2.05) is 0 Å². The van der Waals surface area contributed by atoms with E-state index in [2.05, 4.69) is 25.3 Å². The zero-order valence-electron chi connectivity index (χ0n) is 15.7. The van der Waals surface area contributed by atoms with E-state index in [1.165, 1.54) is 14.2 Å². The SMILES string of the molecule is COc1ncnc(OC)c1C(=O)Nc1nc(-c2ccc(C(F)(F)F)cn2)c(C(=O)O)s1. The van der Waals surface area contributed by atoms with Gasteiger partial charge in [0, 0.05) is 6.20 Å². The summed E-state index contributed by atoms with van der Waals surface area (Å²) < 4.78 is 48.2. The molecule has 10 nitrogen and oxygen atoms in total. The monoisotopic (exact) mass is 455 g/mol. The minimum absolute atomic E-state index is 0.0935. The number of aromatic carboxylic acids is 1. The second-order valence-electron chi connectivity index (χ2n) is 5.65. The molecule has 31 heavy (non-hydrogen) atoms. The second kappa shape index (κ2) is 8.51. The summed E-state index contributed by atoms with van der Waals surface area (Å²) in [5, 5.41) is 11.7. The van der Waals surface area contributed by atoms with Crippen LogP contribution in [0.5, 0.6) is 11.8 Å². The quantitative estimate of drug-likeness (QED) is 0.575. The first-order valence-electron chi connectivity index (χ1n) is 8.17. The maximum atomic E-state index is 12.7. The Morgan fingerprint density at radius 3 is 2.23 bits per heavy atom. The molecule has 0 aliphatic carbocycles. The van der Waals surface area contributed by atoms with Gasteiger partial charge in [0.1, 0.15) is 16.9 Å². The third-order valence-corrected chi connectivity index (χ3v) is 4.73. The molecule has 3 aromatic rings. The van der Waals surface area contributed by atoms with E-state index < -0.39 is 23.6 Å². The molecule has 0 fully saturated rings. The van der Waals surface area contributed by atoms with Gasteiger partial charge in [0.2, 0.25) is 11.8 Å². The summed E-state index contributed by atoms with van der Waals surface area (Å²) in [4.78, 5) is 39.2. The van der Waals surface area contributed by atoms with Crippen LogP contribution < -0.4 is 14.8 Å². The van der Waals surface area contributed by atoms with Crippen molar-refractivity contribution >= 4 is 28.3 Å². The van der Waals surface area contributed by atoms with Gasteiger partial charge in [-0.05, 0) is 12.1 Å². The van der Waals surface area contributed by atoms with Crippen LogP contribution in [0.4, 0.5) is 18.3 Å². The van der Waals surface area contributed by atoms with Crippen molar-refractivity contribution < 1.29 is 37.3 Å². The number of carboxylic acids is 1. The number of amides is 1. The van der Waals surface area contributed by atoms with Crippen molar-refractivity contribution in [3.05, 3.63) is 40.7 Å². The summed E-state index contributed by atoms with van der Waals surface area (Å²) in [5.74, 6) is -2.38. The maximum absolute atomic E-state index is 12.7. The number of nitrogens with zero attached hydrogens (tertiary/aromatic N) is 4. The molecular weight excluding hydrogens is 443 g/mol.